The van der Waals surface area contributed by atoms with Gasteiger partial charge in [-0.2, -0.15) is 0 Å². The van der Waals surface area contributed by atoms with Gasteiger partial charge in [-0.25, -0.2) is 0 Å². The smallest absolute Gasteiger partial charge is 0.223 e. The first-order valence-electron chi connectivity index (χ1n) is 6.36. The van der Waals surface area contributed by atoms with E-state index in [9.17, 15) is 9.59 Å². The number of hydrogen-bond donors (Lipinski definition) is 3. The molecule has 2 amide bonds. The third kappa shape index (κ3) is 5.17. The average molecular weight is 242 g/mol. The lowest BCUT2D eigenvalue weighted by atomic mass is 9.88. The molecular weight excluding hydrogens is 220 g/mol. The Hall–Kier alpha value is -1.10. The van der Waals surface area contributed by atoms with Crippen molar-refractivity contribution >= 4 is 12.3 Å². The Morgan fingerprint density at radius 1 is 1.35 bits per heavy atom. The SMILES string of the molecule is O=CNCCC(CO)NC(=O)C1CCCCC1. The second-order valence-corrected chi connectivity index (χ2v) is 4.58. The fourth-order valence-corrected chi connectivity index (χ4v) is 2.21. The van der Waals surface area contributed by atoms with Crippen molar-refractivity contribution in [2.75, 3.05) is 13.2 Å². The molecule has 17 heavy (non-hydrogen) atoms. The second kappa shape index (κ2) is 8.06. The van der Waals surface area contributed by atoms with Crippen molar-refractivity contribution in [3.8, 4) is 0 Å². The number of rotatable bonds is 7. The Kier molecular flexibility index (Phi) is 6.62. The topological polar surface area (TPSA) is 78.4 Å². The van der Waals surface area contributed by atoms with Crippen LogP contribution in [0.4, 0.5) is 0 Å². The lowest BCUT2D eigenvalue weighted by Crippen LogP contribution is -2.42. The highest BCUT2D eigenvalue weighted by molar-refractivity contribution is 5.79. The second-order valence-electron chi connectivity index (χ2n) is 4.58. The van der Waals surface area contributed by atoms with E-state index in [-0.39, 0.29) is 24.5 Å². The lowest BCUT2D eigenvalue weighted by molar-refractivity contribution is -0.127. The third-order valence-electron chi connectivity index (χ3n) is 3.26. The molecule has 1 aliphatic rings. The third-order valence-corrected chi connectivity index (χ3v) is 3.26. The molecule has 0 aliphatic heterocycles. The first-order valence-corrected chi connectivity index (χ1v) is 6.36. The summed E-state index contributed by atoms with van der Waals surface area (Å²) < 4.78 is 0. The van der Waals surface area contributed by atoms with E-state index in [1.54, 1.807) is 0 Å². The van der Waals surface area contributed by atoms with Crippen LogP contribution in [0.1, 0.15) is 38.5 Å². The number of amides is 2. The van der Waals surface area contributed by atoms with Gasteiger partial charge in [0.15, 0.2) is 0 Å². The van der Waals surface area contributed by atoms with Crippen molar-refractivity contribution in [3.05, 3.63) is 0 Å². The van der Waals surface area contributed by atoms with Crippen molar-refractivity contribution in [1.82, 2.24) is 10.6 Å². The van der Waals surface area contributed by atoms with Gasteiger partial charge in [-0.3, -0.25) is 9.59 Å². The molecule has 1 atom stereocenters. The van der Waals surface area contributed by atoms with Crippen LogP contribution >= 0.6 is 0 Å². The molecule has 1 aliphatic carbocycles. The van der Waals surface area contributed by atoms with Crippen molar-refractivity contribution in [2.24, 2.45) is 5.92 Å². The summed E-state index contributed by atoms with van der Waals surface area (Å²) in [7, 11) is 0. The molecule has 1 unspecified atom stereocenters. The predicted molar refractivity (Wildman–Crippen MR) is 64.3 cm³/mol. The molecule has 1 fully saturated rings. The predicted octanol–water partition coefficient (Wildman–Crippen LogP) is 0.180. The quantitative estimate of drug-likeness (QED) is 0.440. The maximum atomic E-state index is 11.9. The Morgan fingerprint density at radius 2 is 2.06 bits per heavy atom. The number of carbonyl (C=O) groups is 2. The minimum Gasteiger partial charge on any atom is -0.394 e. The van der Waals surface area contributed by atoms with Gasteiger partial charge >= 0.3 is 0 Å². The number of carbonyl (C=O) groups excluding carboxylic acids is 2. The van der Waals surface area contributed by atoms with E-state index in [0.29, 0.717) is 19.4 Å². The monoisotopic (exact) mass is 242 g/mol. The fraction of sp³-hybridized carbons (Fsp3) is 0.833. The highest BCUT2D eigenvalue weighted by atomic mass is 16.3. The number of nitrogens with one attached hydrogen (secondary N) is 2. The Balaban J connectivity index is 2.27. The van der Waals surface area contributed by atoms with Crippen LogP contribution in [0.5, 0.6) is 0 Å². The normalized spacial score (nSPS) is 18.4. The zero-order chi connectivity index (χ0) is 12.5. The maximum absolute atomic E-state index is 11.9. The van der Waals surface area contributed by atoms with Crippen LogP contribution in [-0.4, -0.2) is 36.6 Å². The molecule has 0 radical (unpaired) electrons. The molecular formula is C12H22N2O3. The molecule has 0 aromatic rings. The molecule has 0 aromatic heterocycles. The molecule has 0 aromatic carbocycles. The standard InChI is InChI=1S/C12H22N2O3/c15-8-11(6-7-13-9-16)14-12(17)10-4-2-1-3-5-10/h9-11,15H,1-8H2,(H,13,16)(H,14,17). The van der Waals surface area contributed by atoms with E-state index in [1.807, 2.05) is 0 Å². The molecule has 0 spiro atoms. The van der Waals surface area contributed by atoms with Crippen LogP contribution in [-0.2, 0) is 9.59 Å². The van der Waals surface area contributed by atoms with E-state index in [2.05, 4.69) is 10.6 Å². The molecule has 0 bridgehead atoms. The van der Waals surface area contributed by atoms with Crippen molar-refractivity contribution in [1.29, 1.82) is 0 Å². The van der Waals surface area contributed by atoms with Crippen LogP contribution in [0, 0.1) is 5.92 Å². The van der Waals surface area contributed by atoms with Gasteiger partial charge in [-0.15, -0.1) is 0 Å². The molecule has 0 heterocycles. The zero-order valence-electron chi connectivity index (χ0n) is 10.2. The minimum atomic E-state index is -0.253. The summed E-state index contributed by atoms with van der Waals surface area (Å²) in [5.41, 5.74) is 0. The number of aliphatic hydroxyl groups is 1. The van der Waals surface area contributed by atoms with Gasteiger partial charge in [-0.1, -0.05) is 19.3 Å². The minimum absolute atomic E-state index is 0.0508. The van der Waals surface area contributed by atoms with Crippen LogP contribution in [0.3, 0.4) is 0 Å². The first-order chi connectivity index (χ1) is 8.27. The van der Waals surface area contributed by atoms with Crippen molar-refractivity contribution < 1.29 is 14.7 Å². The van der Waals surface area contributed by atoms with E-state index in [4.69, 9.17) is 5.11 Å². The van der Waals surface area contributed by atoms with Crippen LogP contribution in [0.15, 0.2) is 0 Å². The molecule has 5 nitrogen and oxygen atoms in total. The van der Waals surface area contributed by atoms with Gasteiger partial charge in [0.1, 0.15) is 0 Å². The fourth-order valence-electron chi connectivity index (χ4n) is 2.21. The molecule has 0 saturated heterocycles. The summed E-state index contributed by atoms with van der Waals surface area (Å²) in [6.45, 7) is 0.388. The van der Waals surface area contributed by atoms with Gasteiger partial charge in [0.05, 0.1) is 12.6 Å². The summed E-state index contributed by atoms with van der Waals surface area (Å²) in [5.74, 6) is 0.159. The van der Waals surface area contributed by atoms with Gasteiger partial charge in [0, 0.05) is 12.5 Å². The van der Waals surface area contributed by atoms with Gasteiger partial charge < -0.3 is 15.7 Å². The van der Waals surface area contributed by atoms with E-state index in [1.165, 1.54) is 6.42 Å². The summed E-state index contributed by atoms with van der Waals surface area (Å²) in [6.07, 6.45) is 6.55. The highest BCUT2D eigenvalue weighted by Crippen LogP contribution is 2.23. The summed E-state index contributed by atoms with van der Waals surface area (Å²) >= 11 is 0. The lowest BCUT2D eigenvalue weighted by Gasteiger charge is -2.24. The van der Waals surface area contributed by atoms with Crippen LogP contribution in [0.2, 0.25) is 0 Å². The van der Waals surface area contributed by atoms with E-state index in [0.717, 1.165) is 25.7 Å². The van der Waals surface area contributed by atoms with Crippen molar-refractivity contribution in [2.45, 2.75) is 44.6 Å². The van der Waals surface area contributed by atoms with Crippen LogP contribution < -0.4 is 10.6 Å². The maximum Gasteiger partial charge on any atom is 0.223 e. The molecule has 5 heteroatoms. The number of aliphatic hydroxyl groups excluding tert-OH is 1. The average Bonchev–Trinajstić information content (AvgIpc) is 2.38. The van der Waals surface area contributed by atoms with Crippen LogP contribution in [0.25, 0.3) is 0 Å². The Morgan fingerprint density at radius 3 is 2.65 bits per heavy atom. The van der Waals surface area contributed by atoms with E-state index < -0.39 is 0 Å². The van der Waals surface area contributed by atoms with Crippen molar-refractivity contribution in [3.63, 3.8) is 0 Å². The van der Waals surface area contributed by atoms with Gasteiger partial charge in [0.25, 0.3) is 0 Å². The summed E-state index contributed by atoms with van der Waals surface area (Å²) in [4.78, 5) is 22.0. The molecule has 98 valence electrons. The van der Waals surface area contributed by atoms with Gasteiger partial charge in [-0.05, 0) is 19.3 Å². The Labute approximate surface area is 102 Å². The largest absolute Gasteiger partial charge is 0.394 e. The Bertz CT molecular complexity index is 240. The highest BCUT2D eigenvalue weighted by Gasteiger charge is 2.22. The molecule has 1 rings (SSSR count). The summed E-state index contributed by atoms with van der Waals surface area (Å²) in [6, 6.07) is -0.253. The summed E-state index contributed by atoms with van der Waals surface area (Å²) in [5, 5.41) is 14.5. The molecule has 1 saturated carbocycles. The van der Waals surface area contributed by atoms with Gasteiger partial charge in [0.2, 0.25) is 12.3 Å². The number of hydrogen-bond acceptors (Lipinski definition) is 3. The zero-order valence-corrected chi connectivity index (χ0v) is 10.2. The molecule has 3 N–H and O–H groups in total. The van der Waals surface area contributed by atoms with E-state index >= 15 is 0 Å². The first kappa shape index (κ1) is 14.0.